The van der Waals surface area contributed by atoms with Crippen LogP contribution in [0, 0.1) is 6.92 Å². The van der Waals surface area contributed by atoms with E-state index in [1.54, 1.807) is 6.92 Å². The van der Waals surface area contributed by atoms with Crippen LogP contribution in [0.2, 0.25) is 0 Å². The number of carboxylic acid groups (broad SMARTS) is 1. The van der Waals surface area contributed by atoms with Gasteiger partial charge in [-0.25, -0.2) is 13.2 Å². The number of aliphatic hydroxyl groups excluding tert-OH is 2. The van der Waals surface area contributed by atoms with Crippen LogP contribution < -0.4 is 0 Å². The largest absolute Gasteiger partial charge is 0.478 e. The number of aromatic carboxylic acids is 1. The predicted octanol–water partition coefficient (Wildman–Crippen LogP) is 0.182. The highest BCUT2D eigenvalue weighted by atomic mass is 79.9. The Balaban J connectivity index is 2.49. The zero-order chi connectivity index (χ0) is 15.9. The Morgan fingerprint density at radius 1 is 1.29 bits per heavy atom. The molecule has 2 unspecified atom stereocenters. The maximum absolute atomic E-state index is 12.5. The Kier molecular flexibility index (Phi) is 4.41. The molecule has 3 N–H and O–H groups in total. The Labute approximate surface area is 130 Å². The number of carboxylic acids is 1. The first kappa shape index (κ1) is 16.4. The monoisotopic (exact) mass is 379 g/mol. The highest BCUT2D eigenvalue weighted by molar-refractivity contribution is 9.10. The van der Waals surface area contributed by atoms with Gasteiger partial charge in [-0.15, -0.1) is 0 Å². The van der Waals surface area contributed by atoms with Crippen molar-refractivity contribution < 1.29 is 28.5 Å². The molecule has 1 saturated heterocycles. The van der Waals surface area contributed by atoms with E-state index in [0.29, 0.717) is 10.0 Å². The third-order valence-electron chi connectivity index (χ3n) is 3.41. The van der Waals surface area contributed by atoms with Gasteiger partial charge in [-0.05, 0) is 24.6 Å². The molecule has 21 heavy (non-hydrogen) atoms. The summed E-state index contributed by atoms with van der Waals surface area (Å²) in [7, 11) is -3.98. The van der Waals surface area contributed by atoms with Gasteiger partial charge in [0.25, 0.3) is 0 Å². The minimum Gasteiger partial charge on any atom is -0.478 e. The van der Waals surface area contributed by atoms with E-state index < -0.39 is 28.2 Å². The number of carbonyl (C=O) groups is 1. The van der Waals surface area contributed by atoms with Crippen molar-refractivity contribution in [3.8, 4) is 0 Å². The molecule has 1 aliphatic heterocycles. The minimum absolute atomic E-state index is 0.122. The van der Waals surface area contributed by atoms with E-state index in [2.05, 4.69) is 15.9 Å². The van der Waals surface area contributed by atoms with Gasteiger partial charge in [0.2, 0.25) is 10.0 Å². The molecule has 0 radical (unpaired) electrons. The number of hydrogen-bond donors (Lipinski definition) is 3. The summed E-state index contributed by atoms with van der Waals surface area (Å²) in [6.45, 7) is 1.11. The normalized spacial score (nSPS) is 23.4. The molecule has 116 valence electrons. The van der Waals surface area contributed by atoms with Crippen molar-refractivity contribution >= 4 is 31.9 Å². The van der Waals surface area contributed by atoms with Crippen molar-refractivity contribution in [2.45, 2.75) is 24.0 Å². The maximum Gasteiger partial charge on any atom is 0.336 e. The number of rotatable bonds is 3. The lowest BCUT2D eigenvalue weighted by molar-refractivity contribution is 0.0572. The lowest BCUT2D eigenvalue weighted by atomic mass is 10.1. The summed E-state index contributed by atoms with van der Waals surface area (Å²) in [4.78, 5) is 11.0. The molecule has 0 bridgehead atoms. The van der Waals surface area contributed by atoms with E-state index in [9.17, 15) is 23.4 Å². The molecule has 0 aromatic heterocycles. The second-order valence-corrected chi connectivity index (χ2v) is 7.63. The first-order valence-electron chi connectivity index (χ1n) is 6.04. The molecule has 0 amide bonds. The average molecular weight is 380 g/mol. The van der Waals surface area contributed by atoms with Crippen molar-refractivity contribution in [2.24, 2.45) is 0 Å². The van der Waals surface area contributed by atoms with Gasteiger partial charge >= 0.3 is 5.97 Å². The molecule has 1 aliphatic rings. The van der Waals surface area contributed by atoms with E-state index >= 15 is 0 Å². The van der Waals surface area contributed by atoms with Gasteiger partial charge in [-0.2, -0.15) is 4.31 Å². The standard InChI is InChI=1S/C12H14BrNO6S/c1-6-8(12(17)18)2-7(3-9(6)13)21(19,20)14-4-10(15)11(16)5-14/h2-3,10-11,15-16H,4-5H2,1H3,(H,17,18). The number of benzene rings is 1. The molecule has 0 saturated carbocycles. The van der Waals surface area contributed by atoms with Crippen LogP contribution in [0.25, 0.3) is 0 Å². The van der Waals surface area contributed by atoms with E-state index in [-0.39, 0.29) is 23.5 Å². The van der Waals surface area contributed by atoms with Gasteiger partial charge in [0, 0.05) is 17.6 Å². The number of β-amino-alcohol motifs (C(OH)–C–C–N with tert-alkyl or cyclic N) is 2. The zero-order valence-corrected chi connectivity index (χ0v) is 13.4. The van der Waals surface area contributed by atoms with Crippen LogP contribution in [0.5, 0.6) is 0 Å². The maximum atomic E-state index is 12.5. The molecule has 1 aromatic carbocycles. The Bertz CT molecular complexity index is 679. The summed E-state index contributed by atoms with van der Waals surface area (Å²) >= 11 is 3.14. The van der Waals surface area contributed by atoms with Crippen molar-refractivity contribution in [3.05, 3.63) is 27.7 Å². The van der Waals surface area contributed by atoms with Crippen LogP contribution in [0.3, 0.4) is 0 Å². The van der Waals surface area contributed by atoms with Gasteiger partial charge < -0.3 is 15.3 Å². The molecular weight excluding hydrogens is 366 g/mol. The fourth-order valence-corrected chi connectivity index (χ4v) is 4.25. The summed E-state index contributed by atoms with van der Waals surface area (Å²) in [6, 6.07) is 2.39. The van der Waals surface area contributed by atoms with E-state index in [4.69, 9.17) is 5.11 Å². The summed E-state index contributed by atoms with van der Waals surface area (Å²) < 4.78 is 26.2. The lowest BCUT2D eigenvalue weighted by Crippen LogP contribution is -2.30. The third-order valence-corrected chi connectivity index (χ3v) is 6.04. The van der Waals surface area contributed by atoms with Crippen LogP contribution in [-0.4, -0.2) is 59.3 Å². The van der Waals surface area contributed by atoms with Gasteiger partial charge in [-0.3, -0.25) is 0 Å². The highest BCUT2D eigenvalue weighted by Crippen LogP contribution is 2.28. The van der Waals surface area contributed by atoms with Gasteiger partial charge in [0.05, 0.1) is 22.7 Å². The fourth-order valence-electron chi connectivity index (χ4n) is 2.11. The molecule has 2 rings (SSSR count). The van der Waals surface area contributed by atoms with Gasteiger partial charge in [0.1, 0.15) is 0 Å². The van der Waals surface area contributed by atoms with Crippen molar-refractivity contribution in [1.29, 1.82) is 0 Å². The van der Waals surface area contributed by atoms with Crippen LogP contribution in [0.4, 0.5) is 0 Å². The fraction of sp³-hybridized carbons (Fsp3) is 0.417. The van der Waals surface area contributed by atoms with Crippen LogP contribution in [0.1, 0.15) is 15.9 Å². The van der Waals surface area contributed by atoms with Crippen LogP contribution in [-0.2, 0) is 10.0 Å². The summed E-state index contributed by atoms with van der Waals surface area (Å²) in [6.07, 6.45) is -2.29. The second-order valence-electron chi connectivity index (χ2n) is 4.84. The van der Waals surface area contributed by atoms with Crippen molar-refractivity contribution in [1.82, 2.24) is 4.31 Å². The molecule has 7 nitrogen and oxygen atoms in total. The Morgan fingerprint density at radius 2 is 1.81 bits per heavy atom. The zero-order valence-electron chi connectivity index (χ0n) is 11.0. The molecule has 0 aliphatic carbocycles. The quantitative estimate of drug-likeness (QED) is 0.689. The summed E-state index contributed by atoms with van der Waals surface area (Å²) in [5.74, 6) is -1.23. The summed E-state index contributed by atoms with van der Waals surface area (Å²) in [5.41, 5.74) is 0.297. The van der Waals surface area contributed by atoms with Crippen molar-refractivity contribution in [3.63, 3.8) is 0 Å². The Morgan fingerprint density at radius 3 is 2.29 bits per heavy atom. The molecule has 1 fully saturated rings. The molecule has 1 aromatic rings. The predicted molar refractivity (Wildman–Crippen MR) is 76.6 cm³/mol. The third kappa shape index (κ3) is 2.97. The summed E-state index contributed by atoms with van der Waals surface area (Å²) in [5, 5.41) is 28.0. The van der Waals surface area contributed by atoms with Crippen molar-refractivity contribution in [2.75, 3.05) is 13.1 Å². The molecular formula is C12H14BrNO6S. The highest BCUT2D eigenvalue weighted by Gasteiger charge is 2.38. The number of sulfonamides is 1. The van der Waals surface area contributed by atoms with Gasteiger partial charge in [-0.1, -0.05) is 15.9 Å². The van der Waals surface area contributed by atoms with Crippen LogP contribution >= 0.6 is 15.9 Å². The molecule has 9 heteroatoms. The van der Waals surface area contributed by atoms with E-state index in [1.165, 1.54) is 6.07 Å². The SMILES string of the molecule is Cc1c(Br)cc(S(=O)(=O)N2CC(O)C(O)C2)cc1C(=O)O. The molecule has 2 atom stereocenters. The van der Waals surface area contributed by atoms with E-state index in [0.717, 1.165) is 10.4 Å². The lowest BCUT2D eigenvalue weighted by Gasteiger charge is -2.17. The molecule has 1 heterocycles. The van der Waals surface area contributed by atoms with Gasteiger partial charge in [0.15, 0.2) is 0 Å². The minimum atomic E-state index is -3.98. The average Bonchev–Trinajstić information content (AvgIpc) is 2.73. The second kappa shape index (κ2) is 5.65. The first-order valence-corrected chi connectivity index (χ1v) is 8.27. The number of aliphatic hydroxyl groups is 2. The Hall–Kier alpha value is -1.00. The smallest absolute Gasteiger partial charge is 0.336 e. The topological polar surface area (TPSA) is 115 Å². The molecule has 0 spiro atoms. The van der Waals surface area contributed by atoms with Crippen LogP contribution in [0.15, 0.2) is 21.5 Å². The first-order chi connectivity index (χ1) is 9.64. The number of hydrogen-bond acceptors (Lipinski definition) is 5. The number of halogens is 1. The van der Waals surface area contributed by atoms with E-state index in [1.807, 2.05) is 0 Å². The number of nitrogens with zero attached hydrogens (tertiary/aromatic N) is 1.